The molecule has 0 radical (unpaired) electrons. The van der Waals surface area contributed by atoms with E-state index in [9.17, 15) is 0 Å². The molecule has 1 fully saturated rings. The summed E-state index contributed by atoms with van der Waals surface area (Å²) in [6.07, 6.45) is 6.76. The standard InChI is InChI=1S/C15H22N2/c1-11-5-4-8-13-15(11)14(9-10-16-13)17-12-6-2-3-7-12/h4-5,8,12,14,16-17H,2-3,6-7,9-10H2,1H3. The average molecular weight is 230 g/mol. The predicted molar refractivity (Wildman–Crippen MR) is 72.4 cm³/mol. The minimum atomic E-state index is 0.565. The van der Waals surface area contributed by atoms with Gasteiger partial charge in [0.05, 0.1) is 0 Å². The van der Waals surface area contributed by atoms with E-state index in [1.165, 1.54) is 48.9 Å². The second-order valence-electron chi connectivity index (χ2n) is 5.45. The molecular formula is C15H22N2. The summed E-state index contributed by atoms with van der Waals surface area (Å²) in [5, 5.41) is 7.39. The predicted octanol–water partition coefficient (Wildman–Crippen LogP) is 3.38. The van der Waals surface area contributed by atoms with Crippen molar-refractivity contribution in [1.29, 1.82) is 0 Å². The van der Waals surface area contributed by atoms with Crippen LogP contribution >= 0.6 is 0 Å². The van der Waals surface area contributed by atoms with E-state index < -0.39 is 0 Å². The first kappa shape index (κ1) is 11.1. The van der Waals surface area contributed by atoms with Gasteiger partial charge in [0.25, 0.3) is 0 Å². The Balaban J connectivity index is 1.83. The van der Waals surface area contributed by atoms with Gasteiger partial charge in [-0.3, -0.25) is 0 Å². The summed E-state index contributed by atoms with van der Waals surface area (Å²) >= 11 is 0. The fourth-order valence-electron chi connectivity index (χ4n) is 3.34. The normalized spacial score (nSPS) is 24.4. The van der Waals surface area contributed by atoms with Crippen LogP contribution in [-0.2, 0) is 0 Å². The smallest absolute Gasteiger partial charge is 0.0391 e. The highest BCUT2D eigenvalue weighted by Gasteiger charge is 2.25. The van der Waals surface area contributed by atoms with Gasteiger partial charge in [0, 0.05) is 24.3 Å². The number of fused-ring (bicyclic) bond motifs is 1. The second-order valence-corrected chi connectivity index (χ2v) is 5.45. The highest BCUT2D eigenvalue weighted by molar-refractivity contribution is 5.57. The van der Waals surface area contributed by atoms with Crippen LogP contribution in [0, 0.1) is 6.92 Å². The summed E-state index contributed by atoms with van der Waals surface area (Å²) in [5.74, 6) is 0. The average Bonchev–Trinajstić information content (AvgIpc) is 2.82. The van der Waals surface area contributed by atoms with Gasteiger partial charge in [-0.15, -0.1) is 0 Å². The molecule has 1 aromatic carbocycles. The number of anilines is 1. The Labute approximate surface area is 104 Å². The summed E-state index contributed by atoms with van der Waals surface area (Å²) in [6.45, 7) is 3.33. The third kappa shape index (κ3) is 2.19. The van der Waals surface area contributed by atoms with Crippen molar-refractivity contribution in [3.05, 3.63) is 29.3 Å². The Morgan fingerprint density at radius 3 is 2.82 bits per heavy atom. The molecule has 0 aromatic heterocycles. The lowest BCUT2D eigenvalue weighted by molar-refractivity contribution is 0.419. The zero-order chi connectivity index (χ0) is 11.7. The molecular weight excluding hydrogens is 208 g/mol. The summed E-state index contributed by atoms with van der Waals surface area (Å²) in [5.41, 5.74) is 4.27. The number of hydrogen-bond acceptors (Lipinski definition) is 2. The van der Waals surface area contributed by atoms with Gasteiger partial charge in [0.1, 0.15) is 0 Å². The van der Waals surface area contributed by atoms with Crippen LogP contribution in [0.25, 0.3) is 0 Å². The maximum atomic E-state index is 3.87. The zero-order valence-electron chi connectivity index (χ0n) is 10.6. The lowest BCUT2D eigenvalue weighted by atomic mass is 9.93. The van der Waals surface area contributed by atoms with Crippen LogP contribution < -0.4 is 10.6 Å². The Hall–Kier alpha value is -1.02. The first-order valence-electron chi connectivity index (χ1n) is 6.94. The van der Waals surface area contributed by atoms with Crippen LogP contribution in [0.15, 0.2) is 18.2 Å². The summed E-state index contributed by atoms with van der Waals surface area (Å²) < 4.78 is 0. The van der Waals surface area contributed by atoms with Crippen LogP contribution in [-0.4, -0.2) is 12.6 Å². The van der Waals surface area contributed by atoms with Crippen LogP contribution in [0.2, 0.25) is 0 Å². The minimum Gasteiger partial charge on any atom is -0.385 e. The van der Waals surface area contributed by atoms with Gasteiger partial charge in [0.2, 0.25) is 0 Å². The van der Waals surface area contributed by atoms with Crippen molar-refractivity contribution >= 4 is 5.69 Å². The molecule has 1 unspecified atom stereocenters. The molecule has 0 bridgehead atoms. The van der Waals surface area contributed by atoms with E-state index in [1.807, 2.05) is 0 Å². The number of nitrogens with one attached hydrogen (secondary N) is 2. The molecule has 1 heterocycles. The Morgan fingerprint density at radius 2 is 2.00 bits per heavy atom. The van der Waals surface area contributed by atoms with Gasteiger partial charge in [-0.25, -0.2) is 0 Å². The summed E-state index contributed by atoms with van der Waals surface area (Å²) in [4.78, 5) is 0. The molecule has 0 amide bonds. The first-order valence-corrected chi connectivity index (χ1v) is 6.94. The molecule has 1 aliphatic heterocycles. The van der Waals surface area contributed by atoms with E-state index in [-0.39, 0.29) is 0 Å². The van der Waals surface area contributed by atoms with Crippen LogP contribution in [0.3, 0.4) is 0 Å². The zero-order valence-corrected chi connectivity index (χ0v) is 10.6. The molecule has 92 valence electrons. The van der Waals surface area contributed by atoms with E-state index in [0.717, 1.165) is 12.6 Å². The lowest BCUT2D eigenvalue weighted by Crippen LogP contribution is -2.35. The van der Waals surface area contributed by atoms with Crippen molar-refractivity contribution in [3.63, 3.8) is 0 Å². The summed E-state index contributed by atoms with van der Waals surface area (Å²) in [7, 11) is 0. The van der Waals surface area contributed by atoms with Crippen molar-refractivity contribution in [2.24, 2.45) is 0 Å². The summed E-state index contributed by atoms with van der Waals surface area (Å²) in [6, 6.07) is 7.92. The number of benzene rings is 1. The first-order chi connectivity index (χ1) is 8.34. The van der Waals surface area contributed by atoms with Gasteiger partial charge >= 0.3 is 0 Å². The van der Waals surface area contributed by atoms with Crippen LogP contribution in [0.5, 0.6) is 0 Å². The molecule has 3 rings (SSSR count). The molecule has 0 saturated heterocycles. The molecule has 1 saturated carbocycles. The fraction of sp³-hybridized carbons (Fsp3) is 0.600. The van der Waals surface area contributed by atoms with Crippen molar-refractivity contribution in [3.8, 4) is 0 Å². The third-order valence-corrected chi connectivity index (χ3v) is 4.21. The Kier molecular flexibility index (Phi) is 3.06. The van der Waals surface area contributed by atoms with Crippen LogP contribution in [0.4, 0.5) is 5.69 Å². The lowest BCUT2D eigenvalue weighted by Gasteiger charge is -2.31. The SMILES string of the molecule is Cc1cccc2c1C(NC1CCCC1)CCN2. The van der Waals surface area contributed by atoms with Gasteiger partial charge in [-0.1, -0.05) is 25.0 Å². The molecule has 2 nitrogen and oxygen atoms in total. The molecule has 0 spiro atoms. The molecule has 2 N–H and O–H groups in total. The molecule has 1 aliphatic carbocycles. The topological polar surface area (TPSA) is 24.1 Å². The van der Waals surface area contributed by atoms with E-state index >= 15 is 0 Å². The number of aryl methyl sites for hydroxylation is 1. The van der Waals surface area contributed by atoms with E-state index in [4.69, 9.17) is 0 Å². The van der Waals surface area contributed by atoms with Gasteiger partial charge in [-0.05, 0) is 43.4 Å². The van der Waals surface area contributed by atoms with Gasteiger partial charge < -0.3 is 10.6 Å². The fourth-order valence-corrected chi connectivity index (χ4v) is 3.34. The van der Waals surface area contributed by atoms with Crippen molar-refractivity contribution in [2.75, 3.05) is 11.9 Å². The third-order valence-electron chi connectivity index (χ3n) is 4.21. The van der Waals surface area contributed by atoms with Crippen molar-refractivity contribution in [2.45, 2.75) is 51.1 Å². The maximum Gasteiger partial charge on any atom is 0.0391 e. The largest absolute Gasteiger partial charge is 0.385 e. The molecule has 1 aromatic rings. The highest BCUT2D eigenvalue weighted by atomic mass is 15.0. The van der Waals surface area contributed by atoms with E-state index in [1.54, 1.807) is 0 Å². The van der Waals surface area contributed by atoms with Gasteiger partial charge in [0.15, 0.2) is 0 Å². The molecule has 1 atom stereocenters. The second kappa shape index (κ2) is 4.69. The minimum absolute atomic E-state index is 0.565. The van der Waals surface area contributed by atoms with Crippen molar-refractivity contribution < 1.29 is 0 Å². The molecule has 17 heavy (non-hydrogen) atoms. The number of hydrogen-bond donors (Lipinski definition) is 2. The maximum absolute atomic E-state index is 3.87. The van der Waals surface area contributed by atoms with Crippen molar-refractivity contribution in [1.82, 2.24) is 5.32 Å². The van der Waals surface area contributed by atoms with Gasteiger partial charge in [-0.2, -0.15) is 0 Å². The Morgan fingerprint density at radius 1 is 1.18 bits per heavy atom. The Bertz CT molecular complexity index is 394. The number of rotatable bonds is 2. The highest BCUT2D eigenvalue weighted by Crippen LogP contribution is 2.34. The molecule has 2 aliphatic rings. The quantitative estimate of drug-likeness (QED) is 0.814. The monoisotopic (exact) mass is 230 g/mol. The van der Waals surface area contributed by atoms with Crippen LogP contribution in [0.1, 0.15) is 49.3 Å². The van der Waals surface area contributed by atoms with E-state index in [0.29, 0.717) is 6.04 Å². The van der Waals surface area contributed by atoms with E-state index in [2.05, 4.69) is 35.8 Å². The molecule has 2 heteroatoms.